The number of imide groups is 1. The van der Waals surface area contributed by atoms with Gasteiger partial charge in [-0.25, -0.2) is 0 Å². The maximum Gasteiger partial charge on any atom is 0.233 e. The highest BCUT2D eigenvalue weighted by Crippen LogP contribution is 2.52. The Hall–Kier alpha value is -2.30. The van der Waals surface area contributed by atoms with Crippen LogP contribution in [0.2, 0.25) is 0 Å². The van der Waals surface area contributed by atoms with Crippen LogP contribution in [-0.4, -0.2) is 62.6 Å². The van der Waals surface area contributed by atoms with Gasteiger partial charge in [0.15, 0.2) is 5.96 Å². The van der Waals surface area contributed by atoms with Gasteiger partial charge in [-0.3, -0.25) is 19.5 Å². The lowest BCUT2D eigenvalue weighted by atomic mass is 9.85. The second kappa shape index (κ2) is 10.5. The zero-order valence-corrected chi connectivity index (χ0v) is 20.9. The zero-order chi connectivity index (χ0) is 22.0. The monoisotopic (exact) mass is 554 g/mol. The number of nitrogens with one attached hydrogen (secondary N) is 2. The van der Waals surface area contributed by atoms with E-state index in [4.69, 9.17) is 9.47 Å². The first kappa shape index (κ1) is 24.3. The molecule has 0 radical (unpaired) electrons. The molecular weight excluding hydrogens is 523 g/mol. The van der Waals surface area contributed by atoms with Crippen molar-refractivity contribution in [3.05, 3.63) is 36.4 Å². The van der Waals surface area contributed by atoms with E-state index < -0.39 is 0 Å². The Morgan fingerprint density at radius 2 is 1.81 bits per heavy atom. The second-order valence-corrected chi connectivity index (χ2v) is 8.32. The van der Waals surface area contributed by atoms with Crippen LogP contribution >= 0.6 is 24.0 Å². The Bertz CT molecular complexity index is 876. The van der Waals surface area contributed by atoms with Gasteiger partial charge in [0.1, 0.15) is 17.6 Å². The summed E-state index contributed by atoms with van der Waals surface area (Å²) >= 11 is 0. The van der Waals surface area contributed by atoms with Crippen molar-refractivity contribution in [2.75, 3.05) is 33.8 Å². The summed E-state index contributed by atoms with van der Waals surface area (Å²) in [5.41, 5.74) is 0. The molecule has 3 aliphatic rings. The van der Waals surface area contributed by atoms with E-state index in [1.807, 2.05) is 31.2 Å². The Morgan fingerprint density at radius 3 is 2.44 bits per heavy atom. The number of benzene rings is 1. The average molecular weight is 554 g/mol. The Labute approximate surface area is 205 Å². The molecule has 5 atom stereocenters. The van der Waals surface area contributed by atoms with Crippen molar-refractivity contribution in [3.63, 3.8) is 0 Å². The largest absolute Gasteiger partial charge is 0.497 e. The maximum absolute atomic E-state index is 12.7. The number of amides is 2. The lowest BCUT2D eigenvalue weighted by molar-refractivity contribution is -0.140. The first-order valence-corrected chi connectivity index (χ1v) is 10.8. The number of carbonyl (C=O) groups excluding carboxylic acids is 2. The third kappa shape index (κ3) is 4.87. The van der Waals surface area contributed by atoms with Crippen LogP contribution in [0.3, 0.4) is 0 Å². The molecule has 1 heterocycles. The molecule has 9 heteroatoms. The molecule has 8 nitrogen and oxygen atoms in total. The third-order valence-corrected chi connectivity index (χ3v) is 6.35. The van der Waals surface area contributed by atoms with E-state index in [0.29, 0.717) is 25.6 Å². The number of methoxy groups -OCH3 is 1. The number of hydrogen-bond acceptors (Lipinski definition) is 5. The van der Waals surface area contributed by atoms with E-state index in [9.17, 15) is 9.59 Å². The van der Waals surface area contributed by atoms with Crippen molar-refractivity contribution in [3.8, 4) is 11.5 Å². The normalized spacial score (nSPS) is 26.6. The molecular formula is C23H31IN4O4. The standard InChI is InChI=1S/C23H30N4O4.HI/c1-14(31-18-6-4-5-17(12-18)30-3)13-26-23(24-2)25-9-10-27-21(28)19-15-7-8-16(11-15)20(19)22(27)29;/h4-8,12,14-16,19-20H,9-11,13H2,1-3H3,(H2,24,25,26);1H. The van der Waals surface area contributed by atoms with Crippen LogP contribution in [-0.2, 0) is 9.59 Å². The van der Waals surface area contributed by atoms with Crippen molar-refractivity contribution in [2.24, 2.45) is 28.7 Å². The lowest BCUT2D eigenvalue weighted by Gasteiger charge is -2.20. The van der Waals surface area contributed by atoms with Gasteiger partial charge in [-0.2, -0.15) is 0 Å². The fourth-order valence-corrected chi connectivity index (χ4v) is 4.88. The van der Waals surface area contributed by atoms with Gasteiger partial charge in [0.2, 0.25) is 11.8 Å². The predicted molar refractivity (Wildman–Crippen MR) is 132 cm³/mol. The van der Waals surface area contributed by atoms with Gasteiger partial charge in [0, 0.05) is 26.2 Å². The number of guanidine groups is 1. The van der Waals surface area contributed by atoms with E-state index in [2.05, 4.69) is 27.8 Å². The van der Waals surface area contributed by atoms with Crippen molar-refractivity contribution in [2.45, 2.75) is 19.4 Å². The van der Waals surface area contributed by atoms with Crippen LogP contribution in [0.1, 0.15) is 13.3 Å². The summed E-state index contributed by atoms with van der Waals surface area (Å²) < 4.78 is 11.1. The van der Waals surface area contributed by atoms with Gasteiger partial charge in [-0.05, 0) is 37.3 Å². The molecule has 2 N–H and O–H groups in total. The number of fused-ring (bicyclic) bond motifs is 5. The van der Waals surface area contributed by atoms with Crippen LogP contribution in [0.25, 0.3) is 0 Å². The molecule has 1 saturated heterocycles. The molecule has 1 aromatic carbocycles. The van der Waals surface area contributed by atoms with E-state index in [-0.39, 0.29) is 65.6 Å². The van der Waals surface area contributed by atoms with Gasteiger partial charge in [0.05, 0.1) is 25.5 Å². The molecule has 0 aromatic heterocycles. The molecule has 1 aliphatic heterocycles. The molecule has 174 valence electrons. The molecule has 2 fully saturated rings. The van der Waals surface area contributed by atoms with Gasteiger partial charge in [0.25, 0.3) is 0 Å². The molecule has 0 spiro atoms. The molecule has 4 rings (SSSR count). The van der Waals surface area contributed by atoms with Crippen LogP contribution in [0.15, 0.2) is 41.4 Å². The van der Waals surface area contributed by atoms with E-state index in [1.54, 1.807) is 14.2 Å². The predicted octanol–water partition coefficient (Wildman–Crippen LogP) is 2.05. The maximum atomic E-state index is 12.7. The highest BCUT2D eigenvalue weighted by Gasteiger charge is 2.58. The summed E-state index contributed by atoms with van der Waals surface area (Å²) in [5, 5.41) is 6.39. The Balaban J connectivity index is 0.00000289. The molecule has 1 aromatic rings. The first-order valence-electron chi connectivity index (χ1n) is 10.8. The van der Waals surface area contributed by atoms with Gasteiger partial charge in [-0.1, -0.05) is 18.2 Å². The first-order chi connectivity index (χ1) is 15.0. The lowest BCUT2D eigenvalue weighted by Crippen LogP contribution is -2.45. The molecule has 1 saturated carbocycles. The Morgan fingerprint density at radius 1 is 1.16 bits per heavy atom. The van der Waals surface area contributed by atoms with E-state index in [0.717, 1.165) is 17.9 Å². The number of rotatable bonds is 8. The number of carbonyl (C=O) groups is 2. The SMILES string of the molecule is CN=C(NCCN1C(=O)C2C3C=CC(C3)C2C1=O)NCC(C)Oc1cccc(OC)c1.I. The van der Waals surface area contributed by atoms with Crippen molar-refractivity contribution in [1.82, 2.24) is 15.5 Å². The summed E-state index contributed by atoms with van der Waals surface area (Å²) in [4.78, 5) is 31.1. The topological polar surface area (TPSA) is 92.3 Å². The molecule has 2 amide bonds. The number of nitrogens with zero attached hydrogens (tertiary/aromatic N) is 2. The smallest absolute Gasteiger partial charge is 0.233 e. The van der Waals surface area contributed by atoms with Gasteiger partial charge < -0.3 is 20.1 Å². The second-order valence-electron chi connectivity index (χ2n) is 8.32. The van der Waals surface area contributed by atoms with E-state index in [1.165, 1.54) is 4.90 Å². The minimum absolute atomic E-state index is 0. The molecule has 5 unspecified atom stereocenters. The van der Waals surface area contributed by atoms with Crippen molar-refractivity contribution < 1.29 is 19.1 Å². The zero-order valence-electron chi connectivity index (χ0n) is 18.6. The van der Waals surface area contributed by atoms with Crippen LogP contribution in [0, 0.1) is 23.7 Å². The number of likely N-dealkylation sites (tertiary alicyclic amines) is 1. The molecule has 2 bridgehead atoms. The van der Waals surface area contributed by atoms with Crippen molar-refractivity contribution in [1.29, 1.82) is 0 Å². The highest BCUT2D eigenvalue weighted by molar-refractivity contribution is 14.0. The van der Waals surface area contributed by atoms with Crippen LogP contribution in [0.5, 0.6) is 11.5 Å². The number of aliphatic imine (C=N–C) groups is 1. The highest BCUT2D eigenvalue weighted by atomic mass is 127. The number of ether oxygens (including phenoxy) is 2. The average Bonchev–Trinajstić information content (AvgIpc) is 3.45. The summed E-state index contributed by atoms with van der Waals surface area (Å²) in [6.07, 6.45) is 5.07. The molecule has 32 heavy (non-hydrogen) atoms. The van der Waals surface area contributed by atoms with Gasteiger partial charge >= 0.3 is 0 Å². The summed E-state index contributed by atoms with van der Waals surface area (Å²) in [6.45, 7) is 3.30. The van der Waals surface area contributed by atoms with Gasteiger partial charge in [-0.15, -0.1) is 24.0 Å². The quantitative estimate of drug-likeness (QED) is 0.168. The third-order valence-electron chi connectivity index (χ3n) is 6.35. The minimum atomic E-state index is -0.144. The van der Waals surface area contributed by atoms with Crippen LogP contribution < -0.4 is 20.1 Å². The van der Waals surface area contributed by atoms with E-state index >= 15 is 0 Å². The fourth-order valence-electron chi connectivity index (χ4n) is 4.88. The summed E-state index contributed by atoms with van der Waals surface area (Å²) in [7, 11) is 3.30. The van der Waals surface area contributed by atoms with Crippen molar-refractivity contribution >= 4 is 41.8 Å². The van der Waals surface area contributed by atoms with Crippen LogP contribution in [0.4, 0.5) is 0 Å². The number of halogens is 1. The Kier molecular flexibility index (Phi) is 8.02. The number of allylic oxidation sites excluding steroid dienone is 2. The minimum Gasteiger partial charge on any atom is -0.497 e. The summed E-state index contributed by atoms with van der Waals surface area (Å²) in [5.74, 6) is 2.24. The fraction of sp³-hybridized carbons (Fsp3) is 0.522. The number of hydrogen-bond donors (Lipinski definition) is 2. The molecule has 2 aliphatic carbocycles. The summed E-state index contributed by atoms with van der Waals surface area (Å²) in [6, 6.07) is 7.47.